The Bertz CT molecular complexity index is 741. The molecule has 0 aliphatic heterocycles. The first kappa shape index (κ1) is 16.7. The fraction of sp³-hybridized carbons (Fsp3) is 0.111. The van der Waals surface area contributed by atoms with E-state index in [-0.39, 0.29) is 13.2 Å². The molecule has 2 rings (SSSR count). The van der Waals surface area contributed by atoms with Crippen LogP contribution in [0.3, 0.4) is 0 Å². The van der Waals surface area contributed by atoms with Crippen LogP contribution < -0.4 is 0 Å². The molecule has 0 saturated heterocycles. The summed E-state index contributed by atoms with van der Waals surface area (Å²) in [6.07, 6.45) is 5.94. The third-order valence-corrected chi connectivity index (χ3v) is 2.58. The molecular formula is C18H12N2O4. The number of pyridine rings is 2. The molecule has 2 aromatic rings. The molecule has 0 saturated carbocycles. The summed E-state index contributed by atoms with van der Waals surface area (Å²) in [5, 5.41) is 0. The number of esters is 2. The van der Waals surface area contributed by atoms with Crippen LogP contribution in [-0.4, -0.2) is 35.1 Å². The lowest BCUT2D eigenvalue weighted by molar-refractivity contribution is 0.0546. The zero-order chi connectivity index (χ0) is 17.0. The first-order valence-corrected chi connectivity index (χ1v) is 6.87. The first-order chi connectivity index (χ1) is 11.8. The monoisotopic (exact) mass is 320 g/mol. The van der Waals surface area contributed by atoms with E-state index in [1.807, 2.05) is 0 Å². The van der Waals surface area contributed by atoms with Crippen molar-refractivity contribution in [2.45, 2.75) is 0 Å². The van der Waals surface area contributed by atoms with Crippen LogP contribution in [0.5, 0.6) is 0 Å². The van der Waals surface area contributed by atoms with E-state index in [4.69, 9.17) is 9.47 Å². The fourth-order valence-corrected chi connectivity index (χ4v) is 1.50. The van der Waals surface area contributed by atoms with Crippen LogP contribution in [0.15, 0.2) is 49.1 Å². The van der Waals surface area contributed by atoms with E-state index in [0.717, 1.165) is 0 Å². The summed E-state index contributed by atoms with van der Waals surface area (Å²) in [6, 6.07) is 6.47. The molecule has 6 heteroatoms. The maximum atomic E-state index is 11.6. The Kier molecular flexibility index (Phi) is 6.55. The number of rotatable bonds is 4. The van der Waals surface area contributed by atoms with Crippen molar-refractivity contribution in [1.29, 1.82) is 0 Å². The lowest BCUT2D eigenvalue weighted by Gasteiger charge is -1.98. The summed E-state index contributed by atoms with van der Waals surface area (Å²) in [7, 11) is 0. The van der Waals surface area contributed by atoms with E-state index >= 15 is 0 Å². The Labute approximate surface area is 138 Å². The van der Waals surface area contributed by atoms with Gasteiger partial charge in [-0.15, -0.1) is 0 Å². The summed E-state index contributed by atoms with van der Waals surface area (Å²) >= 11 is 0. The quantitative estimate of drug-likeness (QED) is 0.627. The second-order valence-corrected chi connectivity index (χ2v) is 4.24. The third-order valence-electron chi connectivity index (χ3n) is 2.58. The van der Waals surface area contributed by atoms with Gasteiger partial charge in [-0.1, -0.05) is 0 Å². The summed E-state index contributed by atoms with van der Waals surface area (Å²) in [6.45, 7) is -0.171. The van der Waals surface area contributed by atoms with Gasteiger partial charge in [0.1, 0.15) is 0 Å². The van der Waals surface area contributed by atoms with Gasteiger partial charge in [-0.05, 0) is 47.9 Å². The minimum Gasteiger partial charge on any atom is -0.449 e. The highest BCUT2D eigenvalue weighted by Crippen LogP contribution is 1.98. The van der Waals surface area contributed by atoms with Gasteiger partial charge in [-0.3, -0.25) is 9.97 Å². The van der Waals surface area contributed by atoms with Gasteiger partial charge in [0.05, 0.1) is 11.1 Å². The van der Waals surface area contributed by atoms with Crippen molar-refractivity contribution in [1.82, 2.24) is 9.97 Å². The van der Waals surface area contributed by atoms with E-state index < -0.39 is 11.9 Å². The van der Waals surface area contributed by atoms with Crippen LogP contribution in [0.1, 0.15) is 20.7 Å². The predicted molar refractivity (Wildman–Crippen MR) is 84.6 cm³/mol. The molecule has 0 radical (unpaired) electrons. The second-order valence-electron chi connectivity index (χ2n) is 4.24. The van der Waals surface area contributed by atoms with Crippen molar-refractivity contribution < 1.29 is 19.1 Å². The zero-order valence-electron chi connectivity index (χ0n) is 12.6. The van der Waals surface area contributed by atoms with Crippen LogP contribution in [0, 0.1) is 23.7 Å². The molecule has 0 bridgehead atoms. The number of carbonyl (C=O) groups excluding carboxylic acids is 2. The van der Waals surface area contributed by atoms with Crippen LogP contribution >= 0.6 is 0 Å². The Morgan fingerprint density at radius 3 is 1.67 bits per heavy atom. The lowest BCUT2D eigenvalue weighted by atomic mass is 10.3. The Morgan fingerprint density at radius 1 is 0.833 bits per heavy atom. The minimum atomic E-state index is -0.504. The number of hydrogen-bond acceptors (Lipinski definition) is 6. The maximum absolute atomic E-state index is 11.6. The Balaban J connectivity index is 1.68. The molecule has 2 aromatic heterocycles. The first-order valence-electron chi connectivity index (χ1n) is 6.87. The smallest absolute Gasteiger partial charge is 0.340 e. The second kappa shape index (κ2) is 9.39. The lowest BCUT2D eigenvalue weighted by Crippen LogP contribution is -2.05. The summed E-state index contributed by atoms with van der Waals surface area (Å²) in [5.41, 5.74) is 0.709. The number of ether oxygens (including phenoxy) is 2. The van der Waals surface area contributed by atoms with Crippen molar-refractivity contribution in [3.05, 3.63) is 60.2 Å². The average molecular weight is 320 g/mol. The highest BCUT2D eigenvalue weighted by atomic mass is 16.5. The van der Waals surface area contributed by atoms with Gasteiger partial charge in [0.2, 0.25) is 0 Å². The van der Waals surface area contributed by atoms with Crippen molar-refractivity contribution in [2.75, 3.05) is 13.2 Å². The highest BCUT2D eigenvalue weighted by Gasteiger charge is 2.05. The van der Waals surface area contributed by atoms with Gasteiger partial charge < -0.3 is 9.47 Å². The molecular weight excluding hydrogens is 308 g/mol. The molecule has 0 atom stereocenters. The molecule has 118 valence electrons. The van der Waals surface area contributed by atoms with Crippen molar-refractivity contribution >= 4 is 11.9 Å². The van der Waals surface area contributed by atoms with E-state index in [1.54, 1.807) is 36.7 Å². The number of carbonyl (C=O) groups is 2. The van der Waals surface area contributed by atoms with E-state index in [9.17, 15) is 9.59 Å². The minimum absolute atomic E-state index is 0.0854. The van der Waals surface area contributed by atoms with Gasteiger partial charge in [0.25, 0.3) is 0 Å². The number of nitrogens with zero attached hydrogens (tertiary/aromatic N) is 2. The molecule has 0 unspecified atom stereocenters. The molecule has 0 amide bonds. The third kappa shape index (κ3) is 5.63. The highest BCUT2D eigenvalue weighted by molar-refractivity contribution is 5.89. The molecule has 24 heavy (non-hydrogen) atoms. The van der Waals surface area contributed by atoms with Crippen LogP contribution in [-0.2, 0) is 9.47 Å². The SMILES string of the molecule is O=C(OCC#CC#CCOC(=O)c1cccnc1)c1cccnc1. The molecule has 2 heterocycles. The largest absolute Gasteiger partial charge is 0.449 e. The van der Waals surface area contributed by atoms with Gasteiger partial charge in [0.15, 0.2) is 13.2 Å². The molecule has 0 spiro atoms. The van der Waals surface area contributed by atoms with Crippen molar-refractivity contribution in [2.24, 2.45) is 0 Å². The standard InChI is InChI=1S/C18H12N2O4/c21-17(15-7-5-9-19-13-15)23-11-3-1-2-4-12-24-18(22)16-8-6-10-20-14-16/h5-10,13-14H,11-12H2. The summed E-state index contributed by atoms with van der Waals surface area (Å²) in [5.74, 6) is 9.13. The molecule has 6 nitrogen and oxygen atoms in total. The van der Waals surface area contributed by atoms with Gasteiger partial charge in [-0.25, -0.2) is 9.59 Å². The summed E-state index contributed by atoms with van der Waals surface area (Å²) < 4.78 is 9.84. The molecule has 0 aliphatic rings. The van der Waals surface area contributed by atoms with Gasteiger partial charge >= 0.3 is 11.9 Å². The molecule has 0 fully saturated rings. The molecule has 0 aromatic carbocycles. The fourth-order valence-electron chi connectivity index (χ4n) is 1.50. The van der Waals surface area contributed by atoms with E-state index in [2.05, 4.69) is 33.6 Å². The molecule has 0 N–H and O–H groups in total. The summed E-state index contributed by atoms with van der Waals surface area (Å²) in [4.78, 5) is 30.8. The van der Waals surface area contributed by atoms with E-state index in [1.165, 1.54) is 12.4 Å². The number of aromatic nitrogens is 2. The molecule has 0 aliphatic carbocycles. The maximum Gasteiger partial charge on any atom is 0.340 e. The van der Waals surface area contributed by atoms with Gasteiger partial charge in [-0.2, -0.15) is 0 Å². The van der Waals surface area contributed by atoms with E-state index in [0.29, 0.717) is 11.1 Å². The normalized spacial score (nSPS) is 8.83. The van der Waals surface area contributed by atoms with Crippen molar-refractivity contribution in [3.8, 4) is 23.7 Å². The van der Waals surface area contributed by atoms with Crippen LogP contribution in [0.2, 0.25) is 0 Å². The van der Waals surface area contributed by atoms with Gasteiger partial charge in [0, 0.05) is 24.8 Å². The predicted octanol–water partition coefficient (Wildman–Crippen LogP) is 1.50. The zero-order valence-corrected chi connectivity index (χ0v) is 12.6. The van der Waals surface area contributed by atoms with Crippen molar-refractivity contribution in [3.63, 3.8) is 0 Å². The Morgan fingerprint density at radius 2 is 1.29 bits per heavy atom. The van der Waals surface area contributed by atoms with Crippen LogP contribution in [0.25, 0.3) is 0 Å². The Hall–Kier alpha value is -3.64. The average Bonchev–Trinajstić information content (AvgIpc) is 2.65. The van der Waals surface area contributed by atoms with Crippen LogP contribution in [0.4, 0.5) is 0 Å². The topological polar surface area (TPSA) is 78.4 Å². The number of hydrogen-bond donors (Lipinski definition) is 0.